The van der Waals surface area contributed by atoms with E-state index in [0.29, 0.717) is 17.7 Å². The molecule has 0 bridgehead atoms. The minimum Gasteiger partial charge on any atom is -0.377 e. The normalized spacial score (nSPS) is 17.4. The van der Waals surface area contributed by atoms with Crippen molar-refractivity contribution in [3.63, 3.8) is 0 Å². The van der Waals surface area contributed by atoms with E-state index in [1.807, 2.05) is 42.5 Å². The second kappa shape index (κ2) is 8.85. The molecule has 0 aliphatic carbocycles. The fourth-order valence-corrected chi connectivity index (χ4v) is 3.65. The van der Waals surface area contributed by atoms with Crippen molar-refractivity contribution in [3.8, 4) is 11.1 Å². The summed E-state index contributed by atoms with van der Waals surface area (Å²) >= 11 is 1.62. The van der Waals surface area contributed by atoms with Crippen LogP contribution in [0.2, 0.25) is 0 Å². The van der Waals surface area contributed by atoms with Gasteiger partial charge < -0.3 is 10.1 Å². The first-order valence-electron chi connectivity index (χ1n) is 8.32. The molecule has 0 spiro atoms. The number of aromatic nitrogens is 1. The van der Waals surface area contributed by atoms with Gasteiger partial charge in [0.15, 0.2) is 0 Å². The molecule has 126 valence electrons. The Kier molecular flexibility index (Phi) is 6.26. The van der Waals surface area contributed by atoms with Crippen molar-refractivity contribution in [2.45, 2.75) is 25.4 Å². The summed E-state index contributed by atoms with van der Waals surface area (Å²) in [5, 5.41) is 2.94. The average Bonchev–Trinajstić information content (AvgIpc) is 2.64. The Labute approximate surface area is 147 Å². The zero-order valence-electron chi connectivity index (χ0n) is 13.6. The highest BCUT2D eigenvalue weighted by Crippen LogP contribution is 2.25. The number of benzene rings is 1. The van der Waals surface area contributed by atoms with Gasteiger partial charge in [-0.25, -0.2) is 4.98 Å². The molecule has 0 saturated carbocycles. The van der Waals surface area contributed by atoms with Crippen LogP contribution in [0, 0.1) is 0 Å². The number of rotatable bonds is 6. The van der Waals surface area contributed by atoms with Crippen molar-refractivity contribution in [3.05, 3.63) is 48.7 Å². The summed E-state index contributed by atoms with van der Waals surface area (Å²) in [4.78, 5) is 16.6. The lowest BCUT2D eigenvalue weighted by Gasteiger charge is -2.21. The van der Waals surface area contributed by atoms with Crippen LogP contribution in [0.1, 0.15) is 19.3 Å². The van der Waals surface area contributed by atoms with Crippen molar-refractivity contribution in [2.75, 3.05) is 23.4 Å². The zero-order chi connectivity index (χ0) is 16.6. The number of hydrogen-bond donors (Lipinski definition) is 1. The van der Waals surface area contributed by atoms with Gasteiger partial charge in [0, 0.05) is 24.1 Å². The Morgan fingerprint density at radius 3 is 2.88 bits per heavy atom. The first-order valence-corrected chi connectivity index (χ1v) is 9.48. The number of carbonyl (C=O) groups excluding carboxylic acids is 1. The number of ether oxygens (including phenoxy) is 1. The van der Waals surface area contributed by atoms with Crippen molar-refractivity contribution >= 4 is 23.5 Å². The lowest BCUT2D eigenvalue weighted by Crippen LogP contribution is -2.23. The number of amides is 1. The number of carbonyl (C=O) groups is 1. The first-order chi connectivity index (χ1) is 11.8. The van der Waals surface area contributed by atoms with Gasteiger partial charge in [-0.2, -0.15) is 0 Å². The molecule has 3 rings (SSSR count). The number of nitrogens with one attached hydrogen (secondary N) is 1. The molecule has 1 fully saturated rings. The molecule has 2 heterocycles. The molecule has 1 N–H and O–H groups in total. The Bertz CT molecular complexity index is 657. The summed E-state index contributed by atoms with van der Waals surface area (Å²) in [5.41, 5.74) is 1.98. The van der Waals surface area contributed by atoms with Crippen molar-refractivity contribution in [2.24, 2.45) is 0 Å². The van der Waals surface area contributed by atoms with Gasteiger partial charge in [-0.1, -0.05) is 30.3 Å². The van der Waals surface area contributed by atoms with E-state index in [1.165, 1.54) is 6.42 Å². The largest absolute Gasteiger partial charge is 0.377 e. The third-order valence-corrected chi connectivity index (χ3v) is 5.04. The molecule has 1 aromatic heterocycles. The van der Waals surface area contributed by atoms with Gasteiger partial charge in [0.1, 0.15) is 5.82 Å². The van der Waals surface area contributed by atoms with Crippen LogP contribution in [0.25, 0.3) is 11.1 Å². The Balaban J connectivity index is 1.55. The highest BCUT2D eigenvalue weighted by atomic mass is 32.2. The minimum atomic E-state index is -0.0216. The van der Waals surface area contributed by atoms with Crippen LogP contribution in [-0.2, 0) is 9.53 Å². The van der Waals surface area contributed by atoms with E-state index in [1.54, 1.807) is 18.0 Å². The molecule has 0 radical (unpaired) electrons. The molecule has 1 amide bonds. The number of pyridine rings is 1. The number of hydrogen-bond acceptors (Lipinski definition) is 4. The molecule has 5 heteroatoms. The zero-order valence-corrected chi connectivity index (χ0v) is 14.4. The second-order valence-corrected chi connectivity index (χ2v) is 6.85. The first kappa shape index (κ1) is 17.0. The maximum Gasteiger partial charge on any atom is 0.235 e. The van der Waals surface area contributed by atoms with Crippen LogP contribution in [0.4, 0.5) is 5.82 Å². The van der Waals surface area contributed by atoms with Crippen molar-refractivity contribution < 1.29 is 9.53 Å². The quantitative estimate of drug-likeness (QED) is 0.862. The molecule has 1 unspecified atom stereocenters. The van der Waals surface area contributed by atoms with E-state index in [4.69, 9.17) is 4.74 Å². The molecule has 1 aliphatic heterocycles. The van der Waals surface area contributed by atoms with Gasteiger partial charge in [-0.3, -0.25) is 4.79 Å². The fraction of sp³-hybridized carbons (Fsp3) is 0.368. The summed E-state index contributed by atoms with van der Waals surface area (Å²) in [5.74, 6) is 1.89. The van der Waals surface area contributed by atoms with E-state index >= 15 is 0 Å². The van der Waals surface area contributed by atoms with E-state index in [-0.39, 0.29) is 5.91 Å². The third kappa shape index (κ3) is 4.82. The van der Waals surface area contributed by atoms with Crippen molar-refractivity contribution in [1.29, 1.82) is 0 Å². The predicted octanol–water partition coefficient (Wildman–Crippen LogP) is 3.99. The SMILES string of the molecule is O=C(CSCC1CCCCO1)Nc1ncccc1-c1ccccc1. The summed E-state index contributed by atoms with van der Waals surface area (Å²) in [6.45, 7) is 0.853. The van der Waals surface area contributed by atoms with E-state index in [9.17, 15) is 4.79 Å². The van der Waals surface area contributed by atoms with Gasteiger partial charge in [0.25, 0.3) is 0 Å². The topological polar surface area (TPSA) is 51.2 Å². The van der Waals surface area contributed by atoms with E-state index < -0.39 is 0 Å². The van der Waals surface area contributed by atoms with Crippen LogP contribution < -0.4 is 5.32 Å². The highest BCUT2D eigenvalue weighted by Gasteiger charge is 2.15. The van der Waals surface area contributed by atoms with Gasteiger partial charge in [-0.15, -0.1) is 11.8 Å². The van der Waals surface area contributed by atoms with Crippen molar-refractivity contribution in [1.82, 2.24) is 4.98 Å². The average molecular weight is 342 g/mol. The number of anilines is 1. The molecular weight excluding hydrogens is 320 g/mol. The third-order valence-electron chi connectivity index (χ3n) is 3.96. The molecule has 1 atom stereocenters. The molecule has 1 saturated heterocycles. The van der Waals surface area contributed by atoms with E-state index in [0.717, 1.165) is 36.3 Å². The van der Waals surface area contributed by atoms with E-state index in [2.05, 4.69) is 10.3 Å². The predicted molar refractivity (Wildman–Crippen MR) is 99.2 cm³/mol. The molecule has 1 aromatic carbocycles. The Hall–Kier alpha value is -1.85. The summed E-state index contributed by atoms with van der Waals surface area (Å²) in [6.07, 6.45) is 5.49. The molecule has 1 aliphatic rings. The van der Waals surface area contributed by atoms with Gasteiger partial charge in [0.2, 0.25) is 5.91 Å². The van der Waals surface area contributed by atoms with Gasteiger partial charge >= 0.3 is 0 Å². The number of nitrogens with zero attached hydrogens (tertiary/aromatic N) is 1. The number of thioether (sulfide) groups is 1. The summed E-state index contributed by atoms with van der Waals surface area (Å²) < 4.78 is 5.69. The fourth-order valence-electron chi connectivity index (χ4n) is 2.75. The highest BCUT2D eigenvalue weighted by molar-refractivity contribution is 8.00. The second-order valence-electron chi connectivity index (χ2n) is 5.82. The standard InChI is InChI=1S/C19H22N2O2S/c22-18(14-24-13-16-9-4-5-12-23-16)21-19-17(10-6-11-20-19)15-7-2-1-3-8-15/h1-3,6-8,10-11,16H,4-5,9,12-14H2,(H,20,21,22). The van der Waals surface area contributed by atoms with Gasteiger partial charge in [0.05, 0.1) is 11.9 Å². The van der Waals surface area contributed by atoms with Crippen LogP contribution >= 0.6 is 11.8 Å². The molecule has 24 heavy (non-hydrogen) atoms. The minimum absolute atomic E-state index is 0.0216. The van der Waals surface area contributed by atoms with Crippen LogP contribution in [0.3, 0.4) is 0 Å². The Morgan fingerprint density at radius 2 is 2.08 bits per heavy atom. The molecule has 2 aromatic rings. The Morgan fingerprint density at radius 1 is 1.21 bits per heavy atom. The monoisotopic (exact) mass is 342 g/mol. The maximum absolute atomic E-state index is 12.2. The maximum atomic E-state index is 12.2. The molecular formula is C19H22N2O2S. The summed E-state index contributed by atoms with van der Waals surface area (Å²) in [6, 6.07) is 13.8. The lowest BCUT2D eigenvalue weighted by atomic mass is 10.1. The van der Waals surface area contributed by atoms with Crippen LogP contribution in [0.5, 0.6) is 0 Å². The lowest BCUT2D eigenvalue weighted by molar-refractivity contribution is -0.113. The van der Waals surface area contributed by atoms with Gasteiger partial charge in [-0.05, 0) is 37.0 Å². The van der Waals surface area contributed by atoms with Crippen LogP contribution in [0.15, 0.2) is 48.7 Å². The van der Waals surface area contributed by atoms with Crippen LogP contribution in [-0.4, -0.2) is 35.1 Å². The smallest absolute Gasteiger partial charge is 0.235 e. The summed E-state index contributed by atoms with van der Waals surface area (Å²) in [7, 11) is 0. The molecule has 4 nitrogen and oxygen atoms in total.